The van der Waals surface area contributed by atoms with Gasteiger partial charge in [-0.3, -0.25) is 14.7 Å². The molecule has 0 bridgehead atoms. The highest BCUT2D eigenvalue weighted by Crippen LogP contribution is 2.30. The molecule has 2 aromatic rings. The van der Waals surface area contributed by atoms with Gasteiger partial charge in [0.05, 0.1) is 11.6 Å². The van der Waals surface area contributed by atoms with Crippen LogP contribution in [-0.4, -0.2) is 84.4 Å². The third kappa shape index (κ3) is 5.16. The highest BCUT2D eigenvalue weighted by atomic mass is 35.5. The van der Waals surface area contributed by atoms with Gasteiger partial charge >= 0.3 is 0 Å². The lowest BCUT2D eigenvalue weighted by molar-refractivity contribution is 0.0491. The maximum absolute atomic E-state index is 12.9. The Morgan fingerprint density at radius 2 is 1.91 bits per heavy atom. The highest BCUT2D eigenvalue weighted by Gasteiger charge is 2.35. The van der Waals surface area contributed by atoms with E-state index in [0.717, 1.165) is 87.9 Å². The van der Waals surface area contributed by atoms with Crippen molar-refractivity contribution in [2.75, 3.05) is 50.7 Å². The van der Waals surface area contributed by atoms with Gasteiger partial charge in [0.1, 0.15) is 11.7 Å². The number of carbonyl (C=O) groups excluding carboxylic acids is 1. The van der Waals surface area contributed by atoms with Crippen LogP contribution in [0.25, 0.3) is 0 Å². The molecule has 2 saturated heterocycles. The third-order valence-corrected chi connectivity index (χ3v) is 7.87. The molecule has 1 aromatic carbocycles. The fourth-order valence-electron chi connectivity index (χ4n) is 5.57. The molecule has 4 heterocycles. The number of halogens is 1. The molecule has 3 aliphatic rings. The Kier molecular flexibility index (Phi) is 7.25. The smallest absolute Gasteiger partial charge is 0.253 e. The van der Waals surface area contributed by atoms with E-state index in [1.165, 1.54) is 5.56 Å². The molecule has 0 unspecified atom stereocenters. The summed E-state index contributed by atoms with van der Waals surface area (Å²) in [5, 5.41) is 3.97. The SMILES string of the molecule is CC[C@H]1CN(c2ncc(C3=NCCN3)cc2Cl)CCN1C1CCN(C(=O)c2ccc(C)cc2)CC1. The quantitative estimate of drug-likeness (QED) is 0.688. The molecule has 3 aliphatic heterocycles. The van der Waals surface area contributed by atoms with Gasteiger partial charge in [0.25, 0.3) is 5.91 Å². The zero-order chi connectivity index (χ0) is 24.4. The number of amidine groups is 1. The van der Waals surface area contributed by atoms with E-state index in [4.69, 9.17) is 16.6 Å². The van der Waals surface area contributed by atoms with Crippen LogP contribution in [-0.2, 0) is 0 Å². The van der Waals surface area contributed by atoms with Crippen molar-refractivity contribution >= 4 is 29.2 Å². The Balaban J connectivity index is 1.19. The first-order valence-corrected chi connectivity index (χ1v) is 13.2. The number of rotatable bonds is 5. The number of benzene rings is 1. The number of amides is 1. The van der Waals surface area contributed by atoms with Crippen molar-refractivity contribution in [3.8, 4) is 0 Å². The van der Waals surface area contributed by atoms with Gasteiger partial charge in [0.2, 0.25) is 0 Å². The van der Waals surface area contributed by atoms with E-state index in [1.807, 2.05) is 48.4 Å². The fraction of sp³-hybridized carbons (Fsp3) is 0.519. The number of likely N-dealkylation sites (tertiary alicyclic amines) is 1. The van der Waals surface area contributed by atoms with Gasteiger partial charge in [-0.05, 0) is 44.4 Å². The van der Waals surface area contributed by atoms with E-state index in [1.54, 1.807) is 0 Å². The minimum Gasteiger partial charge on any atom is -0.368 e. The lowest BCUT2D eigenvalue weighted by Gasteiger charge is -2.47. The van der Waals surface area contributed by atoms with E-state index in [2.05, 4.69) is 27.0 Å². The van der Waals surface area contributed by atoms with Gasteiger partial charge in [-0.1, -0.05) is 36.2 Å². The molecule has 0 saturated carbocycles. The molecule has 186 valence electrons. The highest BCUT2D eigenvalue weighted by molar-refractivity contribution is 6.33. The number of piperidine rings is 1. The summed E-state index contributed by atoms with van der Waals surface area (Å²) < 4.78 is 0. The van der Waals surface area contributed by atoms with Crippen molar-refractivity contribution in [1.29, 1.82) is 0 Å². The van der Waals surface area contributed by atoms with Gasteiger partial charge in [-0.2, -0.15) is 0 Å². The number of aryl methyl sites for hydroxylation is 1. The molecule has 8 heteroatoms. The molecule has 1 amide bonds. The summed E-state index contributed by atoms with van der Waals surface area (Å²) in [6.45, 7) is 10.4. The Hall–Kier alpha value is -2.64. The zero-order valence-corrected chi connectivity index (χ0v) is 21.5. The number of aliphatic imine (C=N–C) groups is 1. The van der Waals surface area contributed by atoms with Crippen molar-refractivity contribution in [3.63, 3.8) is 0 Å². The van der Waals surface area contributed by atoms with Crippen LogP contribution in [0.15, 0.2) is 41.5 Å². The number of hydrogen-bond acceptors (Lipinski definition) is 6. The predicted octanol–water partition coefficient (Wildman–Crippen LogP) is 3.60. The van der Waals surface area contributed by atoms with Crippen LogP contribution in [0.1, 0.15) is 47.7 Å². The molecule has 35 heavy (non-hydrogen) atoms. The van der Waals surface area contributed by atoms with Crippen molar-refractivity contribution in [1.82, 2.24) is 20.1 Å². The monoisotopic (exact) mass is 494 g/mol. The van der Waals surface area contributed by atoms with E-state index < -0.39 is 0 Å². The number of hydrogen-bond donors (Lipinski definition) is 1. The minimum absolute atomic E-state index is 0.156. The lowest BCUT2D eigenvalue weighted by Crippen LogP contribution is -2.58. The van der Waals surface area contributed by atoms with Gasteiger partial charge < -0.3 is 15.1 Å². The van der Waals surface area contributed by atoms with Gasteiger partial charge in [0, 0.05) is 68.7 Å². The molecule has 1 N–H and O–H groups in total. The number of nitrogens with zero attached hydrogens (tertiary/aromatic N) is 5. The van der Waals surface area contributed by atoms with Crippen LogP contribution in [0.2, 0.25) is 5.02 Å². The molecule has 1 atom stereocenters. The summed E-state index contributed by atoms with van der Waals surface area (Å²) >= 11 is 6.68. The summed E-state index contributed by atoms with van der Waals surface area (Å²) in [4.78, 5) is 29.2. The molecular weight excluding hydrogens is 460 g/mol. The molecule has 0 radical (unpaired) electrons. The maximum Gasteiger partial charge on any atom is 0.253 e. The van der Waals surface area contributed by atoms with Crippen LogP contribution in [0.5, 0.6) is 0 Å². The number of nitrogens with one attached hydrogen (secondary N) is 1. The standard InChI is InChI=1S/C27H35ClN6O/c1-3-22-18-33(26-24(28)16-21(17-31-26)25-29-10-11-30-25)14-15-34(22)23-8-12-32(13-9-23)27(35)20-6-4-19(2)5-7-20/h4-7,16-17,22-23H,3,8-15,18H2,1-2H3,(H,29,30)/t22-/m0/s1. The van der Waals surface area contributed by atoms with Crippen LogP contribution < -0.4 is 10.2 Å². The minimum atomic E-state index is 0.156. The Bertz CT molecular complexity index is 1080. The summed E-state index contributed by atoms with van der Waals surface area (Å²) in [5.41, 5.74) is 2.92. The Morgan fingerprint density at radius 1 is 1.14 bits per heavy atom. The second kappa shape index (κ2) is 10.5. The maximum atomic E-state index is 12.9. The Labute approximate surface area is 213 Å². The fourth-order valence-corrected chi connectivity index (χ4v) is 5.86. The molecular formula is C27H35ClN6O. The molecule has 0 spiro atoms. The summed E-state index contributed by atoms with van der Waals surface area (Å²) in [5.74, 6) is 1.91. The van der Waals surface area contributed by atoms with Crippen molar-refractivity contribution in [2.24, 2.45) is 4.99 Å². The van der Waals surface area contributed by atoms with Gasteiger partial charge in [0.15, 0.2) is 0 Å². The molecule has 5 rings (SSSR count). The predicted molar refractivity (Wildman–Crippen MR) is 142 cm³/mol. The van der Waals surface area contributed by atoms with Crippen LogP contribution in [0, 0.1) is 6.92 Å². The van der Waals surface area contributed by atoms with Crippen molar-refractivity contribution in [3.05, 3.63) is 58.2 Å². The van der Waals surface area contributed by atoms with E-state index in [-0.39, 0.29) is 5.91 Å². The zero-order valence-electron chi connectivity index (χ0n) is 20.7. The second-order valence-electron chi connectivity index (χ2n) is 9.82. The Morgan fingerprint density at radius 3 is 2.57 bits per heavy atom. The van der Waals surface area contributed by atoms with Crippen LogP contribution in [0.4, 0.5) is 5.82 Å². The first kappa shape index (κ1) is 24.1. The van der Waals surface area contributed by atoms with E-state index >= 15 is 0 Å². The van der Waals surface area contributed by atoms with Gasteiger partial charge in [-0.15, -0.1) is 0 Å². The number of piperazine rings is 1. The number of aromatic nitrogens is 1. The van der Waals surface area contributed by atoms with Crippen molar-refractivity contribution < 1.29 is 4.79 Å². The number of pyridine rings is 1. The molecule has 0 aliphatic carbocycles. The van der Waals surface area contributed by atoms with E-state index in [0.29, 0.717) is 17.1 Å². The molecule has 7 nitrogen and oxygen atoms in total. The topological polar surface area (TPSA) is 64.1 Å². The largest absolute Gasteiger partial charge is 0.368 e. The van der Waals surface area contributed by atoms with Crippen LogP contribution >= 0.6 is 11.6 Å². The average Bonchev–Trinajstić information content (AvgIpc) is 3.44. The first-order valence-electron chi connectivity index (χ1n) is 12.8. The average molecular weight is 495 g/mol. The van der Waals surface area contributed by atoms with Crippen molar-refractivity contribution in [2.45, 2.75) is 45.2 Å². The summed E-state index contributed by atoms with van der Waals surface area (Å²) in [6, 6.07) is 10.9. The van der Waals surface area contributed by atoms with Gasteiger partial charge in [-0.25, -0.2) is 4.98 Å². The third-order valence-electron chi connectivity index (χ3n) is 7.59. The normalized spacial score (nSPS) is 21.7. The van der Waals surface area contributed by atoms with Crippen LogP contribution in [0.3, 0.4) is 0 Å². The number of anilines is 1. The lowest BCUT2D eigenvalue weighted by atomic mass is 9.97. The second-order valence-corrected chi connectivity index (χ2v) is 10.2. The number of carbonyl (C=O) groups is 1. The summed E-state index contributed by atoms with van der Waals surface area (Å²) in [7, 11) is 0. The summed E-state index contributed by atoms with van der Waals surface area (Å²) in [6.07, 6.45) is 5.01. The molecule has 2 fully saturated rings. The molecule has 1 aromatic heterocycles. The van der Waals surface area contributed by atoms with E-state index in [9.17, 15) is 4.79 Å². The first-order chi connectivity index (χ1) is 17.0.